The Kier molecular flexibility index (Phi) is 4.44. The van der Waals surface area contributed by atoms with Crippen LogP contribution in [0.1, 0.15) is 37.3 Å². The number of hydrogen-bond donors (Lipinski definition) is 0. The summed E-state index contributed by atoms with van der Waals surface area (Å²) in [7, 11) is 1.59. The predicted octanol–water partition coefficient (Wildman–Crippen LogP) is 3.20. The van der Waals surface area contributed by atoms with Crippen LogP contribution in [0.25, 0.3) is 11.0 Å². The van der Waals surface area contributed by atoms with Crippen LogP contribution in [0.5, 0.6) is 5.75 Å². The van der Waals surface area contributed by atoms with Crippen molar-refractivity contribution in [3.8, 4) is 5.75 Å². The monoisotopic (exact) mass is 358 g/mol. The Balaban J connectivity index is 1.61. The molecule has 0 atom stereocenters. The minimum Gasteiger partial charge on any atom is -0.497 e. The maximum absolute atomic E-state index is 11.9. The van der Waals surface area contributed by atoms with Crippen LogP contribution in [-0.2, 0) is 5.75 Å². The molecule has 0 saturated heterocycles. The van der Waals surface area contributed by atoms with Crippen molar-refractivity contribution in [2.24, 2.45) is 0 Å². The second-order valence-electron chi connectivity index (χ2n) is 6.09. The first kappa shape index (κ1) is 16.1. The van der Waals surface area contributed by atoms with Gasteiger partial charge in [-0.2, -0.15) is 0 Å². The Morgan fingerprint density at radius 1 is 1.32 bits per heavy atom. The highest BCUT2D eigenvalue weighted by Gasteiger charge is 2.21. The minimum atomic E-state index is -0.369. The summed E-state index contributed by atoms with van der Waals surface area (Å²) in [6.07, 6.45) is 4.69. The second kappa shape index (κ2) is 6.87. The molecule has 1 aliphatic carbocycles. The molecule has 0 aliphatic heterocycles. The molecule has 1 aromatic carbocycles. The lowest BCUT2D eigenvalue weighted by Crippen LogP contribution is -2.08. The van der Waals surface area contributed by atoms with Gasteiger partial charge in [0.2, 0.25) is 5.16 Å². The number of rotatable bonds is 5. The Morgan fingerprint density at radius 2 is 2.16 bits per heavy atom. The Hall–Kier alpha value is -2.35. The van der Waals surface area contributed by atoms with E-state index in [4.69, 9.17) is 9.15 Å². The van der Waals surface area contributed by atoms with E-state index in [1.807, 2.05) is 16.8 Å². The highest BCUT2D eigenvalue weighted by atomic mass is 32.2. The molecular formula is C17H18N4O3S. The molecule has 4 rings (SSSR count). The van der Waals surface area contributed by atoms with Crippen molar-refractivity contribution in [2.45, 2.75) is 42.6 Å². The lowest BCUT2D eigenvalue weighted by Gasteiger charge is -2.11. The van der Waals surface area contributed by atoms with Gasteiger partial charge in [-0.25, -0.2) is 9.48 Å². The summed E-state index contributed by atoms with van der Waals surface area (Å²) in [5, 5.41) is 13.8. The minimum absolute atomic E-state index is 0.369. The van der Waals surface area contributed by atoms with Crippen molar-refractivity contribution in [3.05, 3.63) is 40.2 Å². The lowest BCUT2D eigenvalue weighted by molar-refractivity contribution is 0.414. The van der Waals surface area contributed by atoms with Gasteiger partial charge in [-0.15, -0.1) is 5.10 Å². The maximum atomic E-state index is 11.9. The Bertz CT molecular complexity index is 946. The molecule has 1 saturated carbocycles. The summed E-state index contributed by atoms with van der Waals surface area (Å²) in [5.74, 6) is 1.26. The molecule has 130 valence electrons. The molecular weight excluding hydrogens is 340 g/mol. The number of benzene rings is 1. The number of tetrazole rings is 1. The van der Waals surface area contributed by atoms with E-state index in [1.54, 1.807) is 24.9 Å². The van der Waals surface area contributed by atoms with Gasteiger partial charge in [-0.3, -0.25) is 0 Å². The van der Waals surface area contributed by atoms with Gasteiger partial charge in [0.05, 0.1) is 13.2 Å². The Labute approximate surface area is 148 Å². The third-order valence-corrected chi connectivity index (χ3v) is 5.51. The van der Waals surface area contributed by atoms with Gasteiger partial charge in [-0.05, 0) is 41.0 Å². The molecule has 0 radical (unpaired) electrons. The average molecular weight is 358 g/mol. The van der Waals surface area contributed by atoms with E-state index in [2.05, 4.69) is 15.5 Å². The molecule has 7 nitrogen and oxygen atoms in total. The smallest absolute Gasteiger partial charge is 0.336 e. The Morgan fingerprint density at radius 3 is 2.96 bits per heavy atom. The summed E-state index contributed by atoms with van der Waals surface area (Å²) in [6.45, 7) is 0. The molecule has 0 spiro atoms. The fraction of sp³-hybridized carbons (Fsp3) is 0.412. The average Bonchev–Trinajstić information content (AvgIpc) is 3.29. The molecule has 25 heavy (non-hydrogen) atoms. The highest BCUT2D eigenvalue weighted by molar-refractivity contribution is 7.98. The predicted molar refractivity (Wildman–Crippen MR) is 93.9 cm³/mol. The number of methoxy groups -OCH3 is 1. The maximum Gasteiger partial charge on any atom is 0.336 e. The van der Waals surface area contributed by atoms with Crippen LogP contribution in [0, 0.1) is 0 Å². The zero-order chi connectivity index (χ0) is 17.2. The molecule has 0 amide bonds. The molecule has 0 N–H and O–H groups in total. The summed E-state index contributed by atoms with van der Waals surface area (Å²) in [6, 6.07) is 7.42. The van der Waals surface area contributed by atoms with Crippen molar-refractivity contribution >= 4 is 22.7 Å². The van der Waals surface area contributed by atoms with Gasteiger partial charge in [0, 0.05) is 23.3 Å². The first-order valence-electron chi connectivity index (χ1n) is 8.26. The van der Waals surface area contributed by atoms with Crippen molar-refractivity contribution in [1.82, 2.24) is 20.2 Å². The van der Waals surface area contributed by atoms with E-state index < -0.39 is 0 Å². The van der Waals surface area contributed by atoms with E-state index >= 15 is 0 Å². The van der Waals surface area contributed by atoms with E-state index in [-0.39, 0.29) is 5.63 Å². The van der Waals surface area contributed by atoms with Gasteiger partial charge >= 0.3 is 5.63 Å². The third-order valence-electron chi connectivity index (χ3n) is 4.53. The molecule has 0 bridgehead atoms. The van der Waals surface area contributed by atoms with E-state index in [1.165, 1.54) is 18.9 Å². The standard InChI is InChI=1S/C17H18N4O3S/c1-23-13-6-7-14-11(8-16(22)24-15(14)9-13)10-25-17-18-19-20-21(17)12-4-2-3-5-12/h6-9,12H,2-5,10H2,1H3. The van der Waals surface area contributed by atoms with Crippen molar-refractivity contribution in [3.63, 3.8) is 0 Å². The van der Waals surface area contributed by atoms with E-state index in [0.717, 1.165) is 28.9 Å². The summed E-state index contributed by atoms with van der Waals surface area (Å²) >= 11 is 1.54. The van der Waals surface area contributed by atoms with Crippen molar-refractivity contribution in [2.75, 3.05) is 7.11 Å². The van der Waals surface area contributed by atoms with Gasteiger partial charge < -0.3 is 9.15 Å². The number of fused-ring (bicyclic) bond motifs is 1. The van der Waals surface area contributed by atoms with Gasteiger partial charge in [-0.1, -0.05) is 24.6 Å². The summed E-state index contributed by atoms with van der Waals surface area (Å²) in [4.78, 5) is 11.9. The second-order valence-corrected chi connectivity index (χ2v) is 7.03. The SMILES string of the molecule is COc1ccc2c(CSc3nnnn3C3CCCC3)cc(=O)oc2c1. The lowest BCUT2D eigenvalue weighted by atomic mass is 10.1. The number of thioether (sulfide) groups is 1. The van der Waals surface area contributed by atoms with Crippen LogP contribution in [0.4, 0.5) is 0 Å². The quantitative estimate of drug-likeness (QED) is 0.511. The third kappa shape index (κ3) is 3.26. The molecule has 1 fully saturated rings. The summed E-state index contributed by atoms with van der Waals surface area (Å²) in [5.41, 5.74) is 1.06. The first-order valence-corrected chi connectivity index (χ1v) is 9.24. The van der Waals surface area contributed by atoms with Crippen LogP contribution in [-0.4, -0.2) is 27.3 Å². The molecule has 3 aromatic rings. The topological polar surface area (TPSA) is 83.0 Å². The van der Waals surface area contributed by atoms with Crippen LogP contribution >= 0.6 is 11.8 Å². The number of ether oxygens (including phenoxy) is 1. The molecule has 2 aromatic heterocycles. The van der Waals surface area contributed by atoms with Crippen molar-refractivity contribution in [1.29, 1.82) is 0 Å². The zero-order valence-corrected chi connectivity index (χ0v) is 14.7. The molecule has 1 aliphatic rings. The molecule has 2 heterocycles. The van der Waals surface area contributed by atoms with Crippen LogP contribution in [0.15, 0.2) is 38.6 Å². The van der Waals surface area contributed by atoms with Crippen LogP contribution in [0.2, 0.25) is 0 Å². The van der Waals surface area contributed by atoms with Crippen molar-refractivity contribution < 1.29 is 9.15 Å². The molecule has 8 heteroatoms. The fourth-order valence-electron chi connectivity index (χ4n) is 3.26. The highest BCUT2D eigenvalue weighted by Crippen LogP contribution is 2.33. The first-order chi connectivity index (χ1) is 12.2. The number of nitrogens with zero attached hydrogens (tertiary/aromatic N) is 4. The van der Waals surface area contributed by atoms with Crippen LogP contribution < -0.4 is 10.4 Å². The fourth-order valence-corrected chi connectivity index (χ4v) is 4.19. The number of hydrogen-bond acceptors (Lipinski definition) is 7. The number of aromatic nitrogens is 4. The van der Waals surface area contributed by atoms with E-state index in [9.17, 15) is 4.79 Å². The van der Waals surface area contributed by atoms with Crippen LogP contribution in [0.3, 0.4) is 0 Å². The van der Waals surface area contributed by atoms with Gasteiger partial charge in [0.25, 0.3) is 0 Å². The molecule has 0 unspecified atom stereocenters. The van der Waals surface area contributed by atoms with Gasteiger partial charge in [0.15, 0.2) is 0 Å². The zero-order valence-electron chi connectivity index (χ0n) is 13.8. The summed E-state index contributed by atoms with van der Waals surface area (Å²) < 4.78 is 12.4. The van der Waals surface area contributed by atoms with E-state index in [0.29, 0.717) is 23.1 Å². The normalized spacial score (nSPS) is 15.1. The van der Waals surface area contributed by atoms with Gasteiger partial charge in [0.1, 0.15) is 11.3 Å². The largest absolute Gasteiger partial charge is 0.497 e.